The summed E-state index contributed by atoms with van der Waals surface area (Å²) >= 11 is 7.76. The minimum atomic E-state index is -1.39. The van der Waals surface area contributed by atoms with Gasteiger partial charge in [0.25, 0.3) is 5.91 Å². The van der Waals surface area contributed by atoms with Gasteiger partial charge in [-0.25, -0.2) is 0 Å². The van der Waals surface area contributed by atoms with Gasteiger partial charge < -0.3 is 16.2 Å². The first-order valence-corrected chi connectivity index (χ1v) is 6.08. The Morgan fingerprint density at radius 3 is 2.76 bits per heavy atom. The smallest absolute Gasteiger partial charge is 0.252 e. The van der Waals surface area contributed by atoms with Crippen LogP contribution in [0.2, 0.25) is 5.02 Å². The molecule has 0 bridgehead atoms. The fraction of sp³-hybridized carbons (Fsp3) is 0.200. The van der Waals surface area contributed by atoms with Crippen LogP contribution in [-0.4, -0.2) is 29.6 Å². The molecular formula is C10H10ClIN2O3. The van der Waals surface area contributed by atoms with Gasteiger partial charge in [-0.2, -0.15) is 0 Å². The predicted molar refractivity (Wildman–Crippen MR) is 71.7 cm³/mol. The highest BCUT2D eigenvalue weighted by Crippen LogP contribution is 2.17. The van der Waals surface area contributed by atoms with Crippen molar-refractivity contribution >= 4 is 46.0 Å². The summed E-state index contributed by atoms with van der Waals surface area (Å²) in [6.07, 6.45) is -1.39. The van der Waals surface area contributed by atoms with Gasteiger partial charge in [0.05, 0.1) is 12.1 Å². The van der Waals surface area contributed by atoms with Crippen LogP contribution in [0.5, 0.6) is 0 Å². The Morgan fingerprint density at radius 2 is 2.18 bits per heavy atom. The molecule has 1 unspecified atom stereocenters. The van der Waals surface area contributed by atoms with E-state index < -0.39 is 17.9 Å². The third-order valence-corrected chi connectivity index (χ3v) is 3.13. The van der Waals surface area contributed by atoms with Gasteiger partial charge >= 0.3 is 0 Å². The number of primary amides is 1. The maximum Gasteiger partial charge on any atom is 0.252 e. The first-order valence-electron chi connectivity index (χ1n) is 4.62. The molecule has 4 N–H and O–H groups in total. The summed E-state index contributed by atoms with van der Waals surface area (Å²) in [7, 11) is 0. The molecule has 0 saturated heterocycles. The standard InChI is InChI=1S/C10H10ClIN2O3/c11-5-1-2-7(12)6(3-5)10(17)14-4-8(15)9(13)16/h1-3,8,15H,4H2,(H2,13,16)(H,14,17). The maximum atomic E-state index is 11.7. The van der Waals surface area contributed by atoms with Crippen LogP contribution < -0.4 is 11.1 Å². The Labute approximate surface area is 116 Å². The number of halogens is 2. The van der Waals surface area contributed by atoms with Crippen LogP contribution in [0.15, 0.2) is 18.2 Å². The molecule has 7 heteroatoms. The molecule has 0 spiro atoms. The molecule has 17 heavy (non-hydrogen) atoms. The number of rotatable bonds is 4. The first-order chi connectivity index (χ1) is 7.91. The van der Waals surface area contributed by atoms with Crippen LogP contribution in [0.3, 0.4) is 0 Å². The lowest BCUT2D eigenvalue weighted by molar-refractivity contribution is -0.125. The van der Waals surface area contributed by atoms with E-state index in [-0.39, 0.29) is 6.54 Å². The highest BCUT2D eigenvalue weighted by atomic mass is 127. The molecule has 0 aromatic heterocycles. The van der Waals surface area contributed by atoms with E-state index >= 15 is 0 Å². The number of hydrogen-bond donors (Lipinski definition) is 3. The highest BCUT2D eigenvalue weighted by molar-refractivity contribution is 14.1. The summed E-state index contributed by atoms with van der Waals surface area (Å²) in [5.74, 6) is -1.30. The number of nitrogens with one attached hydrogen (secondary N) is 1. The second kappa shape index (κ2) is 6.18. The fourth-order valence-corrected chi connectivity index (χ4v) is 1.81. The molecule has 0 saturated carbocycles. The third-order valence-electron chi connectivity index (χ3n) is 1.96. The van der Waals surface area contributed by atoms with Crippen molar-refractivity contribution in [2.75, 3.05) is 6.54 Å². The van der Waals surface area contributed by atoms with E-state index in [1.165, 1.54) is 6.07 Å². The molecule has 1 rings (SSSR count). The quantitative estimate of drug-likeness (QED) is 0.677. The number of benzene rings is 1. The Hall–Kier alpha value is -0.860. The van der Waals surface area contributed by atoms with Crippen LogP contribution in [0.4, 0.5) is 0 Å². The second-order valence-corrected chi connectivity index (χ2v) is 4.85. The monoisotopic (exact) mass is 368 g/mol. The van der Waals surface area contributed by atoms with Crippen LogP contribution in [0.1, 0.15) is 10.4 Å². The number of aliphatic hydroxyl groups excluding tert-OH is 1. The Morgan fingerprint density at radius 1 is 1.53 bits per heavy atom. The third kappa shape index (κ3) is 4.14. The van der Waals surface area contributed by atoms with Crippen molar-refractivity contribution < 1.29 is 14.7 Å². The van der Waals surface area contributed by atoms with Crippen molar-refractivity contribution in [3.63, 3.8) is 0 Å². The summed E-state index contributed by atoms with van der Waals surface area (Å²) in [4.78, 5) is 22.3. The van der Waals surface area contributed by atoms with Gasteiger partial charge in [-0.3, -0.25) is 9.59 Å². The van der Waals surface area contributed by atoms with E-state index in [0.717, 1.165) is 3.57 Å². The molecule has 1 atom stereocenters. The molecule has 0 aliphatic heterocycles. The Kier molecular flexibility index (Phi) is 5.16. The van der Waals surface area contributed by atoms with E-state index in [9.17, 15) is 9.59 Å². The number of carbonyl (C=O) groups excluding carboxylic acids is 2. The van der Waals surface area contributed by atoms with E-state index in [1.54, 1.807) is 12.1 Å². The van der Waals surface area contributed by atoms with Gasteiger partial charge in [-0.1, -0.05) is 11.6 Å². The molecule has 1 aromatic rings. The second-order valence-electron chi connectivity index (χ2n) is 3.25. The minimum Gasteiger partial charge on any atom is -0.381 e. The molecule has 1 aromatic carbocycles. The van der Waals surface area contributed by atoms with Gasteiger partial charge in [0.15, 0.2) is 0 Å². The summed E-state index contributed by atoms with van der Waals surface area (Å²) in [5, 5.41) is 12.0. The van der Waals surface area contributed by atoms with E-state index in [4.69, 9.17) is 22.4 Å². The van der Waals surface area contributed by atoms with Gasteiger partial charge in [-0.05, 0) is 40.8 Å². The zero-order valence-electron chi connectivity index (χ0n) is 8.61. The maximum absolute atomic E-state index is 11.7. The predicted octanol–water partition coefficient (Wildman–Crippen LogP) is 0.521. The molecule has 0 fully saturated rings. The van der Waals surface area contributed by atoms with Crippen molar-refractivity contribution in [3.05, 3.63) is 32.4 Å². The first kappa shape index (κ1) is 14.2. The number of nitrogens with two attached hydrogens (primary N) is 1. The van der Waals surface area contributed by atoms with Gasteiger partial charge in [0.1, 0.15) is 6.10 Å². The summed E-state index contributed by atoms with van der Waals surface area (Å²) < 4.78 is 0.720. The Balaban J connectivity index is 2.70. The summed E-state index contributed by atoms with van der Waals surface area (Å²) in [6.45, 7) is -0.225. The molecular weight excluding hydrogens is 358 g/mol. The molecule has 5 nitrogen and oxygen atoms in total. The zero-order valence-corrected chi connectivity index (χ0v) is 11.5. The SMILES string of the molecule is NC(=O)C(O)CNC(=O)c1cc(Cl)ccc1I. The van der Waals surface area contributed by atoms with Crippen molar-refractivity contribution in [2.45, 2.75) is 6.10 Å². The average molecular weight is 369 g/mol. The van der Waals surface area contributed by atoms with Crippen molar-refractivity contribution in [2.24, 2.45) is 5.73 Å². The molecule has 2 amide bonds. The van der Waals surface area contributed by atoms with Crippen LogP contribution in [0.25, 0.3) is 0 Å². The summed E-state index contributed by atoms with van der Waals surface area (Å²) in [5.41, 5.74) is 5.24. The van der Waals surface area contributed by atoms with E-state index in [1.807, 2.05) is 22.6 Å². The Bertz CT molecular complexity index is 453. The van der Waals surface area contributed by atoms with Crippen molar-refractivity contribution in [1.29, 1.82) is 0 Å². The largest absolute Gasteiger partial charge is 0.381 e. The lowest BCUT2D eigenvalue weighted by Crippen LogP contribution is -2.40. The van der Waals surface area contributed by atoms with E-state index in [0.29, 0.717) is 10.6 Å². The molecule has 0 radical (unpaired) electrons. The van der Waals surface area contributed by atoms with Gasteiger partial charge in [0.2, 0.25) is 5.91 Å². The molecule has 0 aliphatic carbocycles. The van der Waals surface area contributed by atoms with Crippen LogP contribution in [-0.2, 0) is 4.79 Å². The van der Waals surface area contributed by atoms with Crippen LogP contribution >= 0.6 is 34.2 Å². The zero-order chi connectivity index (χ0) is 13.0. The normalized spacial score (nSPS) is 11.9. The number of carbonyl (C=O) groups is 2. The number of aliphatic hydroxyl groups is 1. The number of hydrogen-bond acceptors (Lipinski definition) is 3. The fourth-order valence-electron chi connectivity index (χ4n) is 1.06. The van der Waals surface area contributed by atoms with Crippen molar-refractivity contribution in [3.8, 4) is 0 Å². The summed E-state index contributed by atoms with van der Waals surface area (Å²) in [6, 6.07) is 4.87. The molecule has 0 aliphatic rings. The average Bonchev–Trinajstić information content (AvgIpc) is 2.28. The highest BCUT2D eigenvalue weighted by Gasteiger charge is 2.15. The lowest BCUT2D eigenvalue weighted by atomic mass is 10.2. The topological polar surface area (TPSA) is 92.4 Å². The number of amides is 2. The lowest BCUT2D eigenvalue weighted by Gasteiger charge is -2.09. The van der Waals surface area contributed by atoms with Crippen LogP contribution in [0, 0.1) is 3.57 Å². The van der Waals surface area contributed by atoms with Crippen molar-refractivity contribution in [1.82, 2.24) is 5.32 Å². The minimum absolute atomic E-state index is 0.225. The van der Waals surface area contributed by atoms with Gasteiger partial charge in [0, 0.05) is 8.59 Å². The van der Waals surface area contributed by atoms with E-state index in [2.05, 4.69) is 5.32 Å². The van der Waals surface area contributed by atoms with Gasteiger partial charge in [-0.15, -0.1) is 0 Å². The molecule has 92 valence electrons. The molecule has 0 heterocycles.